The van der Waals surface area contributed by atoms with Gasteiger partial charge in [0.05, 0.1) is 22.1 Å². The molecule has 0 aliphatic rings. The Morgan fingerprint density at radius 1 is 1.00 bits per heavy atom. The van der Waals surface area contributed by atoms with Crippen molar-refractivity contribution >= 4 is 34.2 Å². The Kier molecular flexibility index (Phi) is 4.75. The van der Waals surface area contributed by atoms with Crippen molar-refractivity contribution < 1.29 is 0 Å². The molecule has 6 nitrogen and oxygen atoms in total. The summed E-state index contributed by atoms with van der Waals surface area (Å²) >= 11 is 12.1. The van der Waals surface area contributed by atoms with Crippen LogP contribution >= 0.6 is 23.2 Å². The highest BCUT2D eigenvalue weighted by Gasteiger charge is 2.22. The van der Waals surface area contributed by atoms with Crippen LogP contribution in [0.2, 0.25) is 10.2 Å². The molecule has 0 bridgehead atoms. The SMILES string of the molecule is CC(C)c1ncnc(C(C)C)c1-n1c(=O)ncc2cc(Cl)c(Cl)nc21. The number of hydrogen-bond acceptors (Lipinski definition) is 5. The molecule has 0 aliphatic carbocycles. The van der Waals surface area contributed by atoms with E-state index in [1.165, 1.54) is 17.1 Å². The van der Waals surface area contributed by atoms with Crippen molar-refractivity contribution in [1.29, 1.82) is 0 Å². The first-order valence-corrected chi connectivity index (χ1v) is 8.65. The van der Waals surface area contributed by atoms with Crippen molar-refractivity contribution in [2.45, 2.75) is 39.5 Å². The maximum Gasteiger partial charge on any atom is 0.353 e. The second-order valence-corrected chi connectivity index (χ2v) is 7.12. The minimum atomic E-state index is -0.461. The van der Waals surface area contributed by atoms with Crippen LogP contribution in [-0.2, 0) is 0 Å². The third-order valence-corrected chi connectivity index (χ3v) is 4.53. The molecule has 0 unspecified atom stereocenters. The van der Waals surface area contributed by atoms with Crippen LogP contribution < -0.4 is 5.69 Å². The summed E-state index contributed by atoms with van der Waals surface area (Å²) in [5.41, 5.74) is 2.04. The molecule has 0 saturated heterocycles. The molecule has 0 atom stereocenters. The first-order valence-electron chi connectivity index (χ1n) is 7.90. The predicted octanol–water partition coefficient (Wildman–Crippen LogP) is 4.12. The highest BCUT2D eigenvalue weighted by atomic mass is 35.5. The molecule has 3 heterocycles. The third kappa shape index (κ3) is 3.12. The smallest absolute Gasteiger partial charge is 0.245 e. The van der Waals surface area contributed by atoms with Gasteiger partial charge in [0.2, 0.25) is 0 Å². The Bertz CT molecular complexity index is 988. The average Bonchev–Trinajstić information content (AvgIpc) is 2.55. The van der Waals surface area contributed by atoms with E-state index >= 15 is 0 Å². The molecular formula is C17H17Cl2N5O. The second kappa shape index (κ2) is 6.69. The summed E-state index contributed by atoms with van der Waals surface area (Å²) in [7, 11) is 0. The lowest BCUT2D eigenvalue weighted by Crippen LogP contribution is -2.26. The zero-order chi connectivity index (χ0) is 18.3. The molecule has 0 fully saturated rings. The third-order valence-electron chi connectivity index (χ3n) is 3.85. The van der Waals surface area contributed by atoms with E-state index in [-0.39, 0.29) is 17.0 Å². The van der Waals surface area contributed by atoms with Gasteiger partial charge in [-0.2, -0.15) is 0 Å². The van der Waals surface area contributed by atoms with Crippen molar-refractivity contribution in [2.24, 2.45) is 0 Å². The summed E-state index contributed by atoms with van der Waals surface area (Å²) in [4.78, 5) is 29.7. The molecule has 8 heteroatoms. The van der Waals surface area contributed by atoms with Crippen LogP contribution in [0.1, 0.15) is 50.9 Å². The molecule has 0 radical (unpaired) electrons. The molecule has 3 rings (SSSR count). The molecule has 0 aromatic carbocycles. The quantitative estimate of drug-likeness (QED) is 0.641. The van der Waals surface area contributed by atoms with E-state index in [2.05, 4.69) is 19.9 Å². The standard InChI is InChI=1S/C17H17Cl2N5O/c1-8(2)12-14(13(9(3)4)22-7-21-12)24-16-10(6-20-17(24)25)5-11(18)15(19)23-16/h5-9H,1-4H3. The van der Waals surface area contributed by atoms with Gasteiger partial charge in [0, 0.05) is 11.6 Å². The van der Waals surface area contributed by atoms with Gasteiger partial charge in [0.1, 0.15) is 11.5 Å². The molecule has 0 N–H and O–H groups in total. The molecule has 0 aliphatic heterocycles. The minimum Gasteiger partial charge on any atom is -0.245 e. The number of rotatable bonds is 3. The minimum absolute atomic E-state index is 0.0837. The lowest BCUT2D eigenvalue weighted by Gasteiger charge is -2.19. The summed E-state index contributed by atoms with van der Waals surface area (Å²) in [6, 6.07) is 1.64. The van der Waals surface area contributed by atoms with Crippen LogP contribution in [-0.4, -0.2) is 24.5 Å². The van der Waals surface area contributed by atoms with Gasteiger partial charge in [-0.15, -0.1) is 0 Å². The molecule has 3 aromatic rings. The van der Waals surface area contributed by atoms with Gasteiger partial charge in [-0.25, -0.2) is 29.3 Å². The number of nitrogens with zero attached hydrogens (tertiary/aromatic N) is 5. The van der Waals surface area contributed by atoms with Crippen LogP contribution in [0.5, 0.6) is 0 Å². The number of aromatic nitrogens is 5. The van der Waals surface area contributed by atoms with Crippen molar-refractivity contribution in [1.82, 2.24) is 24.5 Å². The Morgan fingerprint density at radius 3 is 2.16 bits per heavy atom. The lowest BCUT2D eigenvalue weighted by molar-refractivity contribution is 0.735. The molecule has 3 aromatic heterocycles. The fourth-order valence-corrected chi connectivity index (χ4v) is 3.00. The zero-order valence-corrected chi connectivity index (χ0v) is 15.8. The Balaban J connectivity index is 2.51. The predicted molar refractivity (Wildman–Crippen MR) is 98.9 cm³/mol. The van der Waals surface area contributed by atoms with E-state index in [0.717, 1.165) is 11.4 Å². The van der Waals surface area contributed by atoms with Gasteiger partial charge in [-0.3, -0.25) is 0 Å². The van der Waals surface area contributed by atoms with Crippen molar-refractivity contribution in [2.75, 3.05) is 0 Å². The van der Waals surface area contributed by atoms with Crippen LogP contribution in [0, 0.1) is 0 Å². The van der Waals surface area contributed by atoms with E-state index in [0.29, 0.717) is 21.7 Å². The summed E-state index contributed by atoms with van der Waals surface area (Å²) in [6.07, 6.45) is 2.96. The first kappa shape index (κ1) is 17.8. The number of hydrogen-bond donors (Lipinski definition) is 0. The molecule has 0 spiro atoms. The zero-order valence-electron chi connectivity index (χ0n) is 14.3. The fourth-order valence-electron chi connectivity index (χ4n) is 2.70. The summed E-state index contributed by atoms with van der Waals surface area (Å²) in [6.45, 7) is 8.04. The number of halogens is 2. The first-order chi connectivity index (χ1) is 11.8. The molecule has 0 amide bonds. The Labute approximate surface area is 154 Å². The molecular weight excluding hydrogens is 361 g/mol. The highest BCUT2D eigenvalue weighted by Crippen LogP contribution is 2.30. The summed E-state index contributed by atoms with van der Waals surface area (Å²) in [5.74, 6) is 0.167. The van der Waals surface area contributed by atoms with Crippen molar-refractivity contribution in [3.8, 4) is 5.69 Å². The molecule has 130 valence electrons. The Hall–Kier alpha value is -2.05. The van der Waals surface area contributed by atoms with E-state index in [9.17, 15) is 4.79 Å². The van der Waals surface area contributed by atoms with Crippen molar-refractivity contribution in [3.05, 3.63) is 50.6 Å². The summed E-state index contributed by atoms with van der Waals surface area (Å²) < 4.78 is 1.43. The van der Waals surface area contributed by atoms with Gasteiger partial charge in [0.25, 0.3) is 0 Å². The average molecular weight is 378 g/mol. The van der Waals surface area contributed by atoms with Gasteiger partial charge in [0.15, 0.2) is 5.65 Å². The van der Waals surface area contributed by atoms with Gasteiger partial charge in [-0.1, -0.05) is 50.9 Å². The normalized spacial score (nSPS) is 11.7. The van der Waals surface area contributed by atoms with Gasteiger partial charge in [-0.05, 0) is 17.9 Å². The highest BCUT2D eigenvalue weighted by molar-refractivity contribution is 6.41. The van der Waals surface area contributed by atoms with Gasteiger partial charge >= 0.3 is 5.69 Å². The van der Waals surface area contributed by atoms with Crippen LogP contribution in [0.4, 0.5) is 0 Å². The van der Waals surface area contributed by atoms with Crippen molar-refractivity contribution in [3.63, 3.8) is 0 Å². The van der Waals surface area contributed by atoms with Crippen LogP contribution in [0.25, 0.3) is 16.7 Å². The number of pyridine rings is 1. The van der Waals surface area contributed by atoms with Crippen LogP contribution in [0.3, 0.4) is 0 Å². The topological polar surface area (TPSA) is 73.6 Å². The van der Waals surface area contributed by atoms with Gasteiger partial charge < -0.3 is 0 Å². The van der Waals surface area contributed by atoms with E-state index < -0.39 is 5.69 Å². The van der Waals surface area contributed by atoms with E-state index in [1.54, 1.807) is 6.07 Å². The maximum absolute atomic E-state index is 12.7. The fraction of sp³-hybridized carbons (Fsp3) is 0.353. The second-order valence-electron chi connectivity index (χ2n) is 6.35. The molecule has 0 saturated carbocycles. The largest absolute Gasteiger partial charge is 0.353 e. The monoisotopic (exact) mass is 377 g/mol. The Morgan fingerprint density at radius 2 is 1.60 bits per heavy atom. The maximum atomic E-state index is 12.7. The molecule has 25 heavy (non-hydrogen) atoms. The number of fused-ring (bicyclic) bond motifs is 1. The van der Waals surface area contributed by atoms with E-state index in [4.69, 9.17) is 23.2 Å². The van der Waals surface area contributed by atoms with E-state index in [1.807, 2.05) is 27.7 Å². The van der Waals surface area contributed by atoms with Crippen LogP contribution in [0.15, 0.2) is 23.4 Å². The lowest BCUT2D eigenvalue weighted by atomic mass is 10.0. The summed E-state index contributed by atoms with van der Waals surface area (Å²) in [5, 5.41) is 1.04.